The van der Waals surface area contributed by atoms with Gasteiger partial charge in [0, 0.05) is 52.9 Å². The second-order valence-corrected chi connectivity index (χ2v) is 10.2. The number of likely N-dealkylation sites (N-methyl/N-ethyl adjacent to an activating group) is 1. The minimum absolute atomic E-state index is 0.170. The van der Waals surface area contributed by atoms with Gasteiger partial charge in [-0.3, -0.25) is 10.1 Å². The number of methoxy groups -OCH3 is 3. The van der Waals surface area contributed by atoms with Crippen molar-refractivity contribution in [3.05, 3.63) is 34.3 Å². The summed E-state index contributed by atoms with van der Waals surface area (Å²) in [4.78, 5) is 33.5. The third-order valence-electron chi connectivity index (χ3n) is 6.51. The van der Waals surface area contributed by atoms with Gasteiger partial charge in [-0.15, -0.1) is 0 Å². The first-order valence-corrected chi connectivity index (χ1v) is 13.4. The molecule has 0 saturated carbocycles. The maximum absolute atomic E-state index is 12.2. The predicted octanol–water partition coefficient (Wildman–Crippen LogP) is 2.76. The van der Waals surface area contributed by atoms with Crippen LogP contribution in [0.5, 0.6) is 17.2 Å². The smallest absolute Gasteiger partial charge is 0.263 e. The Kier molecular flexibility index (Phi) is 8.92. The minimum Gasteiger partial charge on any atom is -0.493 e. The van der Waals surface area contributed by atoms with Gasteiger partial charge in [-0.2, -0.15) is 9.97 Å². The van der Waals surface area contributed by atoms with Gasteiger partial charge in [0.2, 0.25) is 11.7 Å². The zero-order valence-corrected chi connectivity index (χ0v) is 24.3. The second kappa shape index (κ2) is 12.3. The quantitative estimate of drug-likeness (QED) is 0.384. The first-order valence-electron chi connectivity index (χ1n) is 12.5. The summed E-state index contributed by atoms with van der Waals surface area (Å²) in [6.07, 6.45) is 0. The van der Waals surface area contributed by atoms with E-state index in [1.54, 1.807) is 28.4 Å². The van der Waals surface area contributed by atoms with Crippen LogP contribution < -0.4 is 34.6 Å². The van der Waals surface area contributed by atoms with Crippen molar-refractivity contribution in [2.45, 2.75) is 13.5 Å². The van der Waals surface area contributed by atoms with Gasteiger partial charge < -0.3 is 34.2 Å². The molecule has 4 rings (SSSR count). The van der Waals surface area contributed by atoms with E-state index in [9.17, 15) is 4.79 Å². The van der Waals surface area contributed by atoms with Crippen LogP contribution in [-0.2, 0) is 6.54 Å². The molecule has 1 saturated heterocycles. The lowest BCUT2D eigenvalue weighted by atomic mass is 10.1. The molecule has 0 unspecified atom stereocenters. The van der Waals surface area contributed by atoms with Crippen LogP contribution >= 0.6 is 11.3 Å². The second-order valence-electron chi connectivity index (χ2n) is 9.23. The number of carbonyl (C=O) groups excluding carboxylic acids is 1. The molecule has 0 atom stereocenters. The van der Waals surface area contributed by atoms with E-state index in [1.165, 1.54) is 11.3 Å². The molecular weight excluding hydrogens is 520 g/mol. The summed E-state index contributed by atoms with van der Waals surface area (Å²) in [7, 11) is 10.5. The van der Waals surface area contributed by atoms with E-state index >= 15 is 0 Å². The highest BCUT2D eigenvalue weighted by Gasteiger charge is 2.21. The number of carbonyl (C=O) groups is 1. The first kappa shape index (κ1) is 28.2. The lowest BCUT2D eigenvalue weighted by molar-refractivity contribution is 0.0966. The Morgan fingerprint density at radius 3 is 2.28 bits per heavy atom. The highest BCUT2D eigenvalue weighted by atomic mass is 32.1. The number of anilines is 4. The minimum atomic E-state index is -0.170. The number of amides is 1. The molecule has 1 fully saturated rings. The van der Waals surface area contributed by atoms with Gasteiger partial charge in [-0.05, 0) is 31.7 Å². The van der Waals surface area contributed by atoms with Gasteiger partial charge in [0.1, 0.15) is 16.5 Å². The summed E-state index contributed by atoms with van der Waals surface area (Å²) in [6.45, 7) is 5.96. The number of nitrogens with one attached hydrogen (secondary N) is 2. The van der Waals surface area contributed by atoms with E-state index in [0.29, 0.717) is 45.4 Å². The van der Waals surface area contributed by atoms with Crippen molar-refractivity contribution in [3.63, 3.8) is 0 Å². The summed E-state index contributed by atoms with van der Waals surface area (Å²) >= 11 is 1.27. The zero-order valence-electron chi connectivity index (χ0n) is 23.5. The highest BCUT2D eigenvalue weighted by Crippen LogP contribution is 2.38. The normalized spacial score (nSPS) is 13.7. The van der Waals surface area contributed by atoms with Crippen LogP contribution in [0.4, 0.5) is 22.7 Å². The summed E-state index contributed by atoms with van der Waals surface area (Å²) < 4.78 is 16.5. The van der Waals surface area contributed by atoms with Crippen LogP contribution in [0.3, 0.4) is 0 Å². The molecule has 2 aromatic heterocycles. The predicted molar refractivity (Wildman–Crippen MR) is 153 cm³/mol. The molecule has 3 heterocycles. The van der Waals surface area contributed by atoms with Gasteiger partial charge in [0.25, 0.3) is 5.91 Å². The van der Waals surface area contributed by atoms with Gasteiger partial charge >= 0.3 is 0 Å². The standard InChI is InChI=1S/C26H36N8O4S/c1-16-23(24(35)27-2)39-26(28-16)31-25-29-20(14-21(30-25)34-10-8-32(3)9-11-34)33(4)15-17-12-18(36-5)22(38-7)19(13-17)37-6/h12-14H,8-11,15H2,1-7H3,(H,27,35)(H,28,29,30,31). The SMILES string of the molecule is CNC(=O)c1sc(Nc2nc(N(C)Cc3cc(OC)c(OC)c(OC)c3)cc(N3CCN(C)CC3)n2)nc1C. The van der Waals surface area contributed by atoms with E-state index in [0.717, 1.165) is 43.4 Å². The third kappa shape index (κ3) is 6.42. The molecule has 1 aliphatic rings. The number of benzene rings is 1. The van der Waals surface area contributed by atoms with E-state index in [-0.39, 0.29) is 5.91 Å². The molecule has 0 radical (unpaired) electrons. The molecule has 13 heteroatoms. The highest BCUT2D eigenvalue weighted by molar-refractivity contribution is 7.17. The molecule has 1 amide bonds. The van der Waals surface area contributed by atoms with E-state index in [4.69, 9.17) is 24.2 Å². The van der Waals surface area contributed by atoms with Crippen molar-refractivity contribution in [1.29, 1.82) is 0 Å². The fraction of sp³-hybridized carbons (Fsp3) is 0.462. The molecule has 210 valence electrons. The molecule has 1 aromatic carbocycles. The summed E-state index contributed by atoms with van der Waals surface area (Å²) in [6, 6.07) is 5.86. The number of rotatable bonds is 10. The number of hydrogen-bond acceptors (Lipinski definition) is 12. The monoisotopic (exact) mass is 556 g/mol. The number of aryl methyl sites for hydroxylation is 1. The Morgan fingerprint density at radius 1 is 1.03 bits per heavy atom. The summed E-state index contributed by atoms with van der Waals surface area (Å²) in [5, 5.41) is 6.44. The molecular formula is C26H36N8O4S. The molecule has 0 spiro atoms. The van der Waals surface area contributed by atoms with Crippen LogP contribution in [-0.4, -0.2) is 94.4 Å². The van der Waals surface area contributed by atoms with Crippen molar-refractivity contribution in [1.82, 2.24) is 25.2 Å². The van der Waals surface area contributed by atoms with Crippen LogP contribution in [0.25, 0.3) is 0 Å². The molecule has 3 aromatic rings. The molecule has 0 bridgehead atoms. The lowest BCUT2D eigenvalue weighted by Gasteiger charge is -2.33. The van der Waals surface area contributed by atoms with E-state index in [2.05, 4.69) is 32.5 Å². The number of ether oxygens (including phenoxy) is 3. The number of piperazine rings is 1. The summed E-state index contributed by atoms with van der Waals surface area (Å²) in [5.41, 5.74) is 1.61. The Labute approximate surface area is 232 Å². The summed E-state index contributed by atoms with van der Waals surface area (Å²) in [5.74, 6) is 3.53. The first-order chi connectivity index (χ1) is 18.8. The van der Waals surface area contributed by atoms with Crippen molar-refractivity contribution in [3.8, 4) is 17.2 Å². The topological polar surface area (TPSA) is 117 Å². The van der Waals surface area contributed by atoms with Crippen molar-refractivity contribution < 1.29 is 19.0 Å². The maximum atomic E-state index is 12.2. The van der Waals surface area contributed by atoms with Gasteiger partial charge in [-0.1, -0.05) is 11.3 Å². The Morgan fingerprint density at radius 2 is 1.69 bits per heavy atom. The number of nitrogens with zero attached hydrogens (tertiary/aromatic N) is 6. The molecule has 2 N–H and O–H groups in total. The van der Waals surface area contributed by atoms with Gasteiger partial charge in [-0.25, -0.2) is 4.98 Å². The van der Waals surface area contributed by atoms with Crippen LogP contribution in [0.2, 0.25) is 0 Å². The van der Waals surface area contributed by atoms with Crippen molar-refractivity contribution in [2.75, 3.05) is 83.8 Å². The Bertz CT molecular complexity index is 1280. The third-order valence-corrected chi connectivity index (χ3v) is 7.58. The number of thiazole rings is 1. The van der Waals surface area contributed by atoms with Crippen LogP contribution in [0, 0.1) is 6.92 Å². The van der Waals surface area contributed by atoms with Gasteiger partial charge in [0.15, 0.2) is 16.6 Å². The Balaban J connectivity index is 1.66. The number of hydrogen-bond donors (Lipinski definition) is 2. The fourth-order valence-corrected chi connectivity index (χ4v) is 5.23. The fourth-order valence-electron chi connectivity index (χ4n) is 4.32. The van der Waals surface area contributed by atoms with E-state index < -0.39 is 0 Å². The van der Waals surface area contributed by atoms with Gasteiger partial charge in [0.05, 0.1) is 27.0 Å². The molecule has 1 aliphatic heterocycles. The zero-order chi connectivity index (χ0) is 28.1. The average Bonchev–Trinajstić information content (AvgIpc) is 3.31. The van der Waals surface area contributed by atoms with E-state index in [1.807, 2.05) is 37.1 Å². The molecule has 12 nitrogen and oxygen atoms in total. The van der Waals surface area contributed by atoms with Crippen LogP contribution in [0.1, 0.15) is 20.9 Å². The van der Waals surface area contributed by atoms with Crippen molar-refractivity contribution in [2.24, 2.45) is 0 Å². The van der Waals surface area contributed by atoms with Crippen molar-refractivity contribution >= 4 is 40.0 Å². The maximum Gasteiger partial charge on any atom is 0.263 e. The number of aromatic nitrogens is 3. The lowest BCUT2D eigenvalue weighted by Crippen LogP contribution is -2.45. The average molecular weight is 557 g/mol. The van der Waals surface area contributed by atoms with Crippen LogP contribution in [0.15, 0.2) is 18.2 Å². The largest absolute Gasteiger partial charge is 0.493 e. The Hall–Kier alpha value is -3.84. The molecule has 0 aliphatic carbocycles. The molecule has 39 heavy (non-hydrogen) atoms.